The van der Waals surface area contributed by atoms with Gasteiger partial charge in [-0.05, 0) is 30.3 Å². The Morgan fingerprint density at radius 2 is 1.90 bits per heavy atom. The summed E-state index contributed by atoms with van der Waals surface area (Å²) in [5, 5.41) is 15.0. The van der Waals surface area contributed by atoms with Gasteiger partial charge in [-0.3, -0.25) is 0 Å². The number of aliphatic hydroxyl groups is 1. The number of benzene rings is 2. The Bertz CT molecular complexity index is 689. The molecule has 1 aliphatic rings. The van der Waals surface area contributed by atoms with Crippen molar-refractivity contribution >= 4 is 17.3 Å². The SMILES string of the molecule is COc1ccc(C2(O)CNc3ccc(Cl)cc32)c(OC)c1. The van der Waals surface area contributed by atoms with Crippen LogP contribution in [0, 0.1) is 0 Å². The molecule has 2 N–H and O–H groups in total. The van der Waals surface area contributed by atoms with E-state index in [4.69, 9.17) is 21.1 Å². The summed E-state index contributed by atoms with van der Waals surface area (Å²) < 4.78 is 10.6. The minimum atomic E-state index is -1.18. The zero-order valence-corrected chi connectivity index (χ0v) is 12.6. The first-order chi connectivity index (χ1) is 10.1. The molecule has 21 heavy (non-hydrogen) atoms. The zero-order chi connectivity index (χ0) is 15.0. The van der Waals surface area contributed by atoms with Crippen LogP contribution in [0.15, 0.2) is 36.4 Å². The van der Waals surface area contributed by atoms with Gasteiger partial charge in [-0.25, -0.2) is 0 Å². The highest BCUT2D eigenvalue weighted by atomic mass is 35.5. The van der Waals surface area contributed by atoms with Crippen LogP contribution in [0.1, 0.15) is 11.1 Å². The van der Waals surface area contributed by atoms with Crippen LogP contribution in [0.2, 0.25) is 5.02 Å². The summed E-state index contributed by atoms with van der Waals surface area (Å²) >= 11 is 6.07. The number of nitrogens with one attached hydrogen (secondary N) is 1. The van der Waals surface area contributed by atoms with E-state index in [1.54, 1.807) is 38.5 Å². The molecule has 3 rings (SSSR count). The molecule has 0 aromatic heterocycles. The summed E-state index contributed by atoms with van der Waals surface area (Å²) in [6.07, 6.45) is 0. The number of methoxy groups -OCH3 is 2. The normalized spacial score (nSPS) is 19.8. The lowest BCUT2D eigenvalue weighted by atomic mass is 9.87. The van der Waals surface area contributed by atoms with Crippen molar-refractivity contribution in [3.05, 3.63) is 52.5 Å². The van der Waals surface area contributed by atoms with Crippen molar-refractivity contribution in [2.45, 2.75) is 5.60 Å². The van der Waals surface area contributed by atoms with E-state index in [9.17, 15) is 5.11 Å². The van der Waals surface area contributed by atoms with Gasteiger partial charge < -0.3 is 19.9 Å². The maximum atomic E-state index is 11.2. The number of ether oxygens (including phenoxy) is 2. The predicted molar refractivity (Wildman–Crippen MR) is 82.5 cm³/mol. The average Bonchev–Trinajstić information content (AvgIpc) is 2.84. The fraction of sp³-hybridized carbons (Fsp3) is 0.250. The maximum absolute atomic E-state index is 11.2. The summed E-state index contributed by atoms with van der Waals surface area (Å²) in [5.41, 5.74) is 1.12. The van der Waals surface area contributed by atoms with Gasteiger partial charge in [-0.1, -0.05) is 11.6 Å². The first-order valence-corrected chi connectivity index (χ1v) is 6.95. The molecule has 0 spiro atoms. The van der Waals surface area contributed by atoms with Gasteiger partial charge in [0.1, 0.15) is 17.1 Å². The van der Waals surface area contributed by atoms with Crippen molar-refractivity contribution in [1.29, 1.82) is 0 Å². The van der Waals surface area contributed by atoms with Gasteiger partial charge in [0.15, 0.2) is 0 Å². The molecule has 1 atom stereocenters. The highest BCUT2D eigenvalue weighted by Gasteiger charge is 2.40. The first kappa shape index (κ1) is 14.0. The Morgan fingerprint density at radius 1 is 1.10 bits per heavy atom. The quantitative estimate of drug-likeness (QED) is 0.915. The number of anilines is 1. The highest BCUT2D eigenvalue weighted by Crippen LogP contribution is 2.44. The molecule has 0 radical (unpaired) electrons. The highest BCUT2D eigenvalue weighted by molar-refractivity contribution is 6.30. The van der Waals surface area contributed by atoms with Crippen molar-refractivity contribution in [2.24, 2.45) is 0 Å². The van der Waals surface area contributed by atoms with Crippen LogP contribution in [-0.4, -0.2) is 25.9 Å². The van der Waals surface area contributed by atoms with E-state index in [1.807, 2.05) is 12.1 Å². The van der Waals surface area contributed by atoms with E-state index in [1.165, 1.54) is 0 Å². The molecule has 0 saturated carbocycles. The van der Waals surface area contributed by atoms with Gasteiger partial charge in [0.2, 0.25) is 0 Å². The molecule has 2 aromatic rings. The van der Waals surface area contributed by atoms with Crippen LogP contribution in [0.25, 0.3) is 0 Å². The summed E-state index contributed by atoms with van der Waals surface area (Å²) in [4.78, 5) is 0. The van der Waals surface area contributed by atoms with Crippen molar-refractivity contribution in [3.63, 3.8) is 0 Å². The Hall–Kier alpha value is -1.91. The van der Waals surface area contributed by atoms with Gasteiger partial charge in [-0.15, -0.1) is 0 Å². The third kappa shape index (κ3) is 2.20. The van der Waals surface area contributed by atoms with Crippen LogP contribution >= 0.6 is 11.6 Å². The lowest BCUT2D eigenvalue weighted by Crippen LogP contribution is -2.30. The number of hydrogen-bond donors (Lipinski definition) is 2. The summed E-state index contributed by atoms with van der Waals surface area (Å²) in [7, 11) is 3.16. The molecule has 0 amide bonds. The van der Waals surface area contributed by atoms with Crippen LogP contribution in [0.4, 0.5) is 5.69 Å². The monoisotopic (exact) mass is 305 g/mol. The van der Waals surface area contributed by atoms with Gasteiger partial charge >= 0.3 is 0 Å². The lowest BCUT2D eigenvalue weighted by molar-refractivity contribution is 0.0996. The maximum Gasteiger partial charge on any atom is 0.137 e. The van der Waals surface area contributed by atoms with Gasteiger partial charge in [0, 0.05) is 27.9 Å². The minimum Gasteiger partial charge on any atom is -0.497 e. The van der Waals surface area contributed by atoms with Crippen LogP contribution in [0.5, 0.6) is 11.5 Å². The number of fused-ring (bicyclic) bond motifs is 1. The van der Waals surface area contributed by atoms with Crippen molar-refractivity contribution in [3.8, 4) is 11.5 Å². The molecule has 0 saturated heterocycles. The van der Waals surface area contributed by atoms with Gasteiger partial charge in [0.05, 0.1) is 20.8 Å². The number of rotatable bonds is 3. The summed E-state index contributed by atoms with van der Waals surface area (Å²) in [6.45, 7) is 0.366. The second kappa shape index (κ2) is 5.13. The lowest BCUT2D eigenvalue weighted by Gasteiger charge is -2.25. The van der Waals surface area contributed by atoms with Crippen molar-refractivity contribution in [2.75, 3.05) is 26.1 Å². The average molecular weight is 306 g/mol. The number of β-amino-alcohol motifs (C(OH)–C–C–N with tert-alkyl or cyclic N) is 1. The molecule has 4 nitrogen and oxygen atoms in total. The summed E-state index contributed by atoms with van der Waals surface area (Å²) in [5.74, 6) is 1.25. The van der Waals surface area contributed by atoms with Gasteiger partial charge in [-0.2, -0.15) is 0 Å². The van der Waals surface area contributed by atoms with E-state index in [-0.39, 0.29) is 0 Å². The van der Waals surface area contributed by atoms with E-state index < -0.39 is 5.60 Å². The zero-order valence-electron chi connectivity index (χ0n) is 11.8. The topological polar surface area (TPSA) is 50.7 Å². The molecule has 5 heteroatoms. The molecule has 0 aliphatic carbocycles. The van der Waals surface area contributed by atoms with E-state index in [0.29, 0.717) is 28.6 Å². The van der Waals surface area contributed by atoms with Crippen LogP contribution in [-0.2, 0) is 5.60 Å². The Balaban J connectivity index is 2.15. The number of halogens is 1. The van der Waals surface area contributed by atoms with Crippen molar-refractivity contribution < 1.29 is 14.6 Å². The largest absolute Gasteiger partial charge is 0.497 e. The van der Waals surface area contributed by atoms with Crippen molar-refractivity contribution in [1.82, 2.24) is 0 Å². The Labute approximate surface area is 128 Å². The molecular weight excluding hydrogens is 290 g/mol. The van der Waals surface area contributed by atoms with E-state index in [2.05, 4.69) is 5.32 Å². The predicted octanol–water partition coefficient (Wildman–Crippen LogP) is 3.02. The molecule has 0 fully saturated rings. The van der Waals surface area contributed by atoms with Crippen LogP contribution < -0.4 is 14.8 Å². The third-order valence-electron chi connectivity index (χ3n) is 3.82. The van der Waals surface area contributed by atoms with E-state index >= 15 is 0 Å². The standard InChI is InChI=1S/C16H16ClNO3/c1-20-11-4-5-12(15(8-11)21-2)16(19)9-18-14-6-3-10(17)7-13(14)16/h3-8,18-19H,9H2,1-2H3. The fourth-order valence-corrected chi connectivity index (χ4v) is 2.88. The molecular formula is C16H16ClNO3. The first-order valence-electron chi connectivity index (χ1n) is 6.57. The Kier molecular flexibility index (Phi) is 3.43. The minimum absolute atomic E-state index is 0.366. The van der Waals surface area contributed by atoms with E-state index in [0.717, 1.165) is 11.3 Å². The second-order valence-corrected chi connectivity index (χ2v) is 5.41. The Morgan fingerprint density at radius 3 is 2.62 bits per heavy atom. The molecule has 1 unspecified atom stereocenters. The molecule has 0 bridgehead atoms. The molecule has 110 valence electrons. The summed E-state index contributed by atoms with van der Waals surface area (Å²) in [6, 6.07) is 10.8. The molecule has 1 heterocycles. The second-order valence-electron chi connectivity index (χ2n) is 4.97. The fourth-order valence-electron chi connectivity index (χ4n) is 2.71. The van der Waals surface area contributed by atoms with Crippen LogP contribution in [0.3, 0.4) is 0 Å². The molecule has 1 aliphatic heterocycles. The van der Waals surface area contributed by atoms with Gasteiger partial charge in [0.25, 0.3) is 0 Å². The number of hydrogen-bond acceptors (Lipinski definition) is 4. The molecule has 2 aromatic carbocycles. The smallest absolute Gasteiger partial charge is 0.137 e. The third-order valence-corrected chi connectivity index (χ3v) is 4.05.